The number of hydrogen-bond acceptors (Lipinski definition) is 4. The van der Waals surface area contributed by atoms with Gasteiger partial charge < -0.3 is 0 Å². The largest absolute Gasteiger partial charge is 0.263 e. The first-order valence-corrected chi connectivity index (χ1v) is 13.4. The number of nitriles is 2. The maximum atomic E-state index is 9.18. The minimum absolute atomic E-state index is 0.00380. The van der Waals surface area contributed by atoms with Crippen LogP contribution < -0.4 is 0 Å². The summed E-state index contributed by atoms with van der Waals surface area (Å²) in [7, 11) is 0. The maximum absolute atomic E-state index is 9.18. The number of allylic oxidation sites excluding steroid dienone is 2. The van der Waals surface area contributed by atoms with E-state index in [0.29, 0.717) is 0 Å². The van der Waals surface area contributed by atoms with E-state index < -0.39 is 0 Å². The van der Waals surface area contributed by atoms with Gasteiger partial charge in [-0.05, 0) is 94.4 Å². The quantitative estimate of drug-likeness (QED) is 0.205. The zero-order valence-corrected chi connectivity index (χ0v) is 20.9. The van der Waals surface area contributed by atoms with Crippen molar-refractivity contribution < 1.29 is 0 Å². The first-order valence-electron chi connectivity index (χ1n) is 11.7. The van der Waals surface area contributed by atoms with Crippen molar-refractivity contribution >= 4 is 55.0 Å². The third kappa shape index (κ3) is 3.36. The van der Waals surface area contributed by atoms with Gasteiger partial charge in [0.05, 0.1) is 25.3 Å². The van der Waals surface area contributed by atoms with Gasteiger partial charge in [0.2, 0.25) is 0 Å². The fourth-order valence-corrected chi connectivity index (χ4v) is 7.93. The molecule has 2 aromatic heterocycles. The van der Waals surface area contributed by atoms with Crippen LogP contribution in [-0.2, 0) is 5.41 Å². The average molecular weight is 499 g/mol. The first kappa shape index (κ1) is 22.3. The molecule has 2 aliphatic rings. The SMILES string of the molecule is [C-]#[N+]/C(C#N)=C\c1cc2cc3c(cc2s1)-c1cc2sc(/C=C(\C#N)[N+]#[C-])cc2cc1C31CCCCC1. The normalized spacial score (nSPS) is 16.2. The van der Waals surface area contributed by atoms with Crippen molar-refractivity contribution in [3.8, 4) is 23.3 Å². The molecule has 0 radical (unpaired) electrons. The first-order chi connectivity index (χ1) is 17.6. The van der Waals surface area contributed by atoms with Crippen molar-refractivity contribution in [2.45, 2.75) is 37.5 Å². The van der Waals surface area contributed by atoms with Gasteiger partial charge in [-0.3, -0.25) is 0 Å². The van der Waals surface area contributed by atoms with E-state index >= 15 is 0 Å². The second kappa shape index (κ2) is 8.48. The topological polar surface area (TPSA) is 56.3 Å². The molecule has 1 spiro atoms. The van der Waals surface area contributed by atoms with Crippen LogP contribution in [0.25, 0.3) is 53.1 Å². The summed E-state index contributed by atoms with van der Waals surface area (Å²) in [5, 5.41) is 20.7. The second-order valence-electron chi connectivity index (χ2n) is 9.32. The average Bonchev–Trinajstić information content (AvgIpc) is 3.56. The van der Waals surface area contributed by atoms with Gasteiger partial charge in [0.15, 0.2) is 0 Å². The highest BCUT2D eigenvalue weighted by molar-refractivity contribution is 7.20. The number of benzene rings is 2. The van der Waals surface area contributed by atoms with Crippen LogP contribution in [-0.4, -0.2) is 0 Å². The summed E-state index contributed by atoms with van der Waals surface area (Å²) in [6, 6.07) is 17.4. The van der Waals surface area contributed by atoms with E-state index in [1.165, 1.54) is 52.3 Å². The number of rotatable bonds is 2. The van der Waals surface area contributed by atoms with Crippen LogP contribution in [0.4, 0.5) is 0 Å². The molecule has 1 saturated carbocycles. The summed E-state index contributed by atoms with van der Waals surface area (Å²) in [6.45, 7) is 14.4. The van der Waals surface area contributed by atoms with Crippen LogP contribution in [0.15, 0.2) is 47.8 Å². The van der Waals surface area contributed by atoms with Gasteiger partial charge in [-0.2, -0.15) is 0 Å². The van der Waals surface area contributed by atoms with E-state index in [2.05, 4.69) is 46.1 Å². The Balaban J connectivity index is 1.57. The van der Waals surface area contributed by atoms with E-state index in [4.69, 9.17) is 13.1 Å². The third-order valence-electron chi connectivity index (χ3n) is 7.41. The van der Waals surface area contributed by atoms with E-state index in [0.717, 1.165) is 32.0 Å². The number of hydrogen-bond donors (Lipinski definition) is 0. The van der Waals surface area contributed by atoms with Gasteiger partial charge >= 0.3 is 0 Å². The van der Waals surface area contributed by atoms with Gasteiger partial charge in [-0.1, -0.05) is 19.3 Å². The third-order valence-corrected chi connectivity index (χ3v) is 9.50. The molecule has 0 amide bonds. The van der Waals surface area contributed by atoms with Crippen molar-refractivity contribution in [3.05, 3.63) is 91.5 Å². The highest BCUT2D eigenvalue weighted by Gasteiger charge is 2.44. The number of nitrogens with zero attached hydrogens (tertiary/aromatic N) is 4. The molecule has 36 heavy (non-hydrogen) atoms. The Kier molecular flexibility index (Phi) is 5.25. The van der Waals surface area contributed by atoms with Gasteiger partial charge in [-0.25, -0.2) is 20.2 Å². The lowest BCUT2D eigenvalue weighted by Crippen LogP contribution is -2.28. The zero-order chi connectivity index (χ0) is 24.9. The summed E-state index contributed by atoms with van der Waals surface area (Å²) in [6.07, 6.45) is 9.29. The Morgan fingerprint density at radius 2 is 1.22 bits per heavy atom. The van der Waals surface area contributed by atoms with Crippen molar-refractivity contribution in [1.82, 2.24) is 0 Å². The van der Waals surface area contributed by atoms with Crippen LogP contribution in [0.3, 0.4) is 0 Å². The van der Waals surface area contributed by atoms with Crippen LogP contribution in [0, 0.1) is 35.8 Å². The van der Waals surface area contributed by atoms with Gasteiger partial charge in [0.1, 0.15) is 0 Å². The molecule has 6 heteroatoms. The van der Waals surface area contributed by atoms with Crippen molar-refractivity contribution in [2.75, 3.05) is 0 Å². The van der Waals surface area contributed by atoms with Crippen LogP contribution in [0.1, 0.15) is 53.0 Å². The molecule has 1 fully saturated rings. The Morgan fingerprint density at radius 3 is 1.64 bits per heavy atom. The summed E-state index contributed by atoms with van der Waals surface area (Å²) >= 11 is 3.23. The van der Waals surface area contributed by atoms with Crippen molar-refractivity contribution in [3.63, 3.8) is 0 Å². The lowest BCUT2D eigenvalue weighted by molar-refractivity contribution is 0.353. The molecule has 2 heterocycles. The van der Waals surface area contributed by atoms with E-state index in [1.54, 1.807) is 34.8 Å². The predicted octanol–water partition coefficient (Wildman–Crippen LogP) is 8.91. The Labute approximate surface area is 217 Å². The Morgan fingerprint density at radius 1 is 0.750 bits per heavy atom. The van der Waals surface area contributed by atoms with Crippen molar-refractivity contribution in [1.29, 1.82) is 10.5 Å². The molecule has 6 rings (SSSR count). The molecule has 0 aliphatic heterocycles. The molecular formula is C30H18N4S2. The lowest BCUT2D eigenvalue weighted by atomic mass is 9.67. The maximum Gasteiger partial charge on any atom is 0.263 e. The van der Waals surface area contributed by atoms with E-state index in [9.17, 15) is 10.5 Å². The van der Waals surface area contributed by atoms with Crippen LogP contribution in [0.2, 0.25) is 0 Å². The Hall–Kier alpha value is -4.20. The summed E-state index contributed by atoms with van der Waals surface area (Å²) < 4.78 is 2.32. The fraction of sp³-hybridized carbons (Fsp3) is 0.200. The molecule has 170 valence electrons. The molecule has 2 aromatic carbocycles. The van der Waals surface area contributed by atoms with Crippen LogP contribution in [0.5, 0.6) is 0 Å². The highest BCUT2D eigenvalue weighted by Crippen LogP contribution is 2.58. The van der Waals surface area contributed by atoms with Crippen LogP contribution >= 0.6 is 22.7 Å². The summed E-state index contributed by atoms with van der Waals surface area (Å²) in [5.74, 6) is 0. The fourth-order valence-electron chi connectivity index (χ4n) is 5.88. The monoisotopic (exact) mass is 498 g/mol. The van der Waals surface area contributed by atoms with Gasteiger partial charge in [0, 0.05) is 24.6 Å². The van der Waals surface area contributed by atoms with Gasteiger partial charge in [0.25, 0.3) is 11.4 Å². The molecule has 0 bridgehead atoms. The molecule has 4 nitrogen and oxygen atoms in total. The zero-order valence-electron chi connectivity index (χ0n) is 19.3. The smallest absolute Gasteiger partial charge is 0.227 e. The lowest BCUT2D eigenvalue weighted by Gasteiger charge is -2.36. The minimum atomic E-state index is 0.00380. The molecular weight excluding hydrogens is 480 g/mol. The molecule has 2 aliphatic carbocycles. The van der Waals surface area contributed by atoms with Crippen molar-refractivity contribution in [2.24, 2.45) is 0 Å². The molecule has 0 atom stereocenters. The minimum Gasteiger partial charge on any atom is -0.227 e. The molecule has 0 saturated heterocycles. The molecule has 0 unspecified atom stereocenters. The van der Waals surface area contributed by atoms with E-state index in [1.807, 2.05) is 12.1 Å². The second-order valence-corrected chi connectivity index (χ2v) is 11.5. The predicted molar refractivity (Wildman–Crippen MR) is 147 cm³/mol. The highest BCUT2D eigenvalue weighted by atomic mass is 32.1. The molecule has 0 N–H and O–H groups in total. The summed E-state index contributed by atoms with van der Waals surface area (Å²) in [5.41, 5.74) is 5.59. The summed E-state index contributed by atoms with van der Waals surface area (Å²) in [4.78, 5) is 8.48. The standard InChI is InChI=1S/C30H18N4S2/c1-33-20(16-31)12-22-8-18-10-26-24(14-28(18)35-22)25-15-29-19(9-23(36-29)13-21(17-32)34-2)11-27(25)30(26)6-4-3-5-7-30/h8-15H,3-7H2/b20-12-,21-13+. The van der Waals surface area contributed by atoms with E-state index in [-0.39, 0.29) is 16.8 Å². The van der Waals surface area contributed by atoms with Gasteiger partial charge in [-0.15, -0.1) is 22.7 Å². The molecule has 4 aromatic rings. The number of thiophene rings is 2. The number of fused-ring (bicyclic) bond motifs is 7. The Bertz CT molecular complexity index is 1650.